The number of halogens is 1. The van der Waals surface area contributed by atoms with E-state index in [2.05, 4.69) is 27.8 Å². The monoisotopic (exact) mass is 284 g/mol. The Hall–Kier alpha value is -1.36. The topological polar surface area (TPSA) is 55.2 Å². The largest absolute Gasteiger partial charge is 0.381 e. The summed E-state index contributed by atoms with van der Waals surface area (Å²) in [4.78, 5) is 10.1. The zero-order chi connectivity index (χ0) is 12.1. The summed E-state index contributed by atoms with van der Waals surface area (Å²) in [6.45, 7) is 5.68. The number of anilines is 1. The molecule has 0 saturated heterocycles. The second-order valence-electron chi connectivity index (χ2n) is 3.49. The Labute approximate surface area is 103 Å². The van der Waals surface area contributed by atoms with E-state index in [1.807, 2.05) is 13.0 Å². The van der Waals surface area contributed by atoms with Gasteiger partial charge in [0.15, 0.2) is 0 Å². The molecule has 1 rings (SSSR count). The van der Waals surface area contributed by atoms with Crippen LogP contribution in [0.4, 0.5) is 11.4 Å². The first kappa shape index (κ1) is 12.7. The summed E-state index contributed by atoms with van der Waals surface area (Å²) in [6.07, 6.45) is 2.67. The molecule has 0 bridgehead atoms. The van der Waals surface area contributed by atoms with Crippen LogP contribution in [0.25, 0.3) is 0 Å². The highest BCUT2D eigenvalue weighted by atomic mass is 79.9. The summed E-state index contributed by atoms with van der Waals surface area (Å²) in [6, 6.07) is 4.91. The average Bonchev–Trinajstić information content (AvgIpc) is 2.21. The minimum Gasteiger partial charge on any atom is -0.381 e. The van der Waals surface area contributed by atoms with E-state index in [9.17, 15) is 10.1 Å². The van der Waals surface area contributed by atoms with Gasteiger partial charge in [-0.2, -0.15) is 0 Å². The fraction of sp³-hybridized carbons (Fsp3) is 0.273. The van der Waals surface area contributed by atoms with Gasteiger partial charge < -0.3 is 5.32 Å². The Morgan fingerprint density at radius 3 is 2.88 bits per heavy atom. The Morgan fingerprint density at radius 1 is 1.69 bits per heavy atom. The molecule has 1 aromatic rings. The van der Waals surface area contributed by atoms with Gasteiger partial charge in [-0.25, -0.2) is 0 Å². The SMILES string of the molecule is C=CCC(C)Nc1ccc([N+](=O)[O-])cc1Br. The number of hydrogen-bond acceptors (Lipinski definition) is 3. The lowest BCUT2D eigenvalue weighted by Crippen LogP contribution is -2.14. The van der Waals surface area contributed by atoms with E-state index in [0.29, 0.717) is 4.47 Å². The van der Waals surface area contributed by atoms with Crippen molar-refractivity contribution in [3.05, 3.63) is 45.4 Å². The van der Waals surface area contributed by atoms with Gasteiger partial charge in [-0.1, -0.05) is 6.08 Å². The summed E-state index contributed by atoms with van der Waals surface area (Å²) >= 11 is 3.30. The maximum Gasteiger partial charge on any atom is 0.270 e. The van der Waals surface area contributed by atoms with Crippen LogP contribution in [0.5, 0.6) is 0 Å². The summed E-state index contributed by atoms with van der Waals surface area (Å²) in [7, 11) is 0. The summed E-state index contributed by atoms with van der Waals surface area (Å²) in [5.74, 6) is 0. The van der Waals surface area contributed by atoms with Gasteiger partial charge in [0.1, 0.15) is 0 Å². The van der Waals surface area contributed by atoms with Gasteiger partial charge in [0.05, 0.1) is 4.92 Å². The smallest absolute Gasteiger partial charge is 0.270 e. The van der Waals surface area contributed by atoms with Gasteiger partial charge in [0.2, 0.25) is 0 Å². The van der Waals surface area contributed by atoms with Crippen molar-refractivity contribution in [3.63, 3.8) is 0 Å². The van der Waals surface area contributed by atoms with Crippen LogP contribution in [0.15, 0.2) is 35.3 Å². The molecule has 0 aliphatic rings. The van der Waals surface area contributed by atoms with Crippen LogP contribution in [0, 0.1) is 10.1 Å². The molecule has 0 radical (unpaired) electrons. The number of nitro benzene ring substituents is 1. The van der Waals surface area contributed by atoms with Crippen LogP contribution in [0.2, 0.25) is 0 Å². The van der Waals surface area contributed by atoms with Gasteiger partial charge in [-0.15, -0.1) is 6.58 Å². The number of nitrogens with zero attached hydrogens (tertiary/aromatic N) is 1. The van der Waals surface area contributed by atoms with Crippen molar-refractivity contribution >= 4 is 27.3 Å². The molecule has 0 fully saturated rings. The van der Waals surface area contributed by atoms with Gasteiger partial charge in [-0.05, 0) is 35.3 Å². The maximum atomic E-state index is 10.5. The lowest BCUT2D eigenvalue weighted by molar-refractivity contribution is -0.384. The highest BCUT2D eigenvalue weighted by Gasteiger charge is 2.10. The van der Waals surface area contributed by atoms with E-state index >= 15 is 0 Å². The Kier molecular flexibility index (Phi) is 4.49. The van der Waals surface area contributed by atoms with E-state index < -0.39 is 4.92 Å². The third kappa shape index (κ3) is 3.34. The van der Waals surface area contributed by atoms with Crippen LogP contribution in [-0.4, -0.2) is 11.0 Å². The van der Waals surface area contributed by atoms with E-state index in [1.165, 1.54) is 12.1 Å². The van der Waals surface area contributed by atoms with Crippen molar-refractivity contribution in [2.24, 2.45) is 0 Å². The van der Waals surface area contributed by atoms with E-state index in [4.69, 9.17) is 0 Å². The predicted octanol–water partition coefficient (Wildman–Crippen LogP) is 3.73. The Bertz CT molecular complexity index is 407. The van der Waals surface area contributed by atoms with Crippen LogP contribution in [0.1, 0.15) is 13.3 Å². The van der Waals surface area contributed by atoms with Crippen molar-refractivity contribution < 1.29 is 4.92 Å². The molecule has 0 aliphatic carbocycles. The lowest BCUT2D eigenvalue weighted by Gasteiger charge is -2.14. The first-order chi connectivity index (χ1) is 7.54. The van der Waals surface area contributed by atoms with Crippen LogP contribution in [0.3, 0.4) is 0 Å². The van der Waals surface area contributed by atoms with Crippen molar-refractivity contribution in [2.75, 3.05) is 5.32 Å². The molecule has 4 nitrogen and oxygen atoms in total. The van der Waals surface area contributed by atoms with Crippen LogP contribution < -0.4 is 5.32 Å². The van der Waals surface area contributed by atoms with E-state index in [0.717, 1.165) is 12.1 Å². The average molecular weight is 285 g/mol. The standard InChI is InChI=1S/C11H13BrN2O2/c1-3-4-8(2)13-11-6-5-9(14(15)16)7-10(11)12/h3,5-8,13H,1,4H2,2H3. The van der Waals surface area contributed by atoms with Crippen molar-refractivity contribution in [1.82, 2.24) is 0 Å². The molecule has 1 N–H and O–H groups in total. The first-order valence-electron chi connectivity index (χ1n) is 4.86. The molecule has 0 amide bonds. The van der Waals surface area contributed by atoms with Crippen molar-refractivity contribution in [3.8, 4) is 0 Å². The molecule has 86 valence electrons. The molecule has 1 atom stereocenters. The fourth-order valence-electron chi connectivity index (χ4n) is 1.31. The molecular weight excluding hydrogens is 272 g/mol. The quantitative estimate of drug-likeness (QED) is 0.509. The third-order valence-electron chi connectivity index (χ3n) is 2.09. The highest BCUT2D eigenvalue weighted by Crippen LogP contribution is 2.27. The summed E-state index contributed by atoms with van der Waals surface area (Å²) < 4.78 is 0.692. The molecule has 5 heteroatoms. The minimum absolute atomic E-state index is 0.0776. The molecule has 1 aromatic carbocycles. The Balaban J connectivity index is 2.82. The van der Waals surface area contributed by atoms with Crippen molar-refractivity contribution in [2.45, 2.75) is 19.4 Å². The second kappa shape index (κ2) is 5.65. The number of benzene rings is 1. The van der Waals surface area contributed by atoms with Gasteiger partial charge in [0.25, 0.3) is 5.69 Å². The number of hydrogen-bond donors (Lipinski definition) is 1. The van der Waals surface area contributed by atoms with Crippen LogP contribution >= 0.6 is 15.9 Å². The number of non-ortho nitro benzene ring substituents is 1. The van der Waals surface area contributed by atoms with Crippen LogP contribution in [-0.2, 0) is 0 Å². The highest BCUT2D eigenvalue weighted by molar-refractivity contribution is 9.10. The minimum atomic E-state index is -0.415. The molecule has 16 heavy (non-hydrogen) atoms. The summed E-state index contributed by atoms with van der Waals surface area (Å²) in [5, 5.41) is 13.8. The molecular formula is C11H13BrN2O2. The first-order valence-corrected chi connectivity index (χ1v) is 5.65. The second-order valence-corrected chi connectivity index (χ2v) is 4.35. The predicted molar refractivity (Wildman–Crippen MR) is 68.7 cm³/mol. The maximum absolute atomic E-state index is 10.5. The molecule has 0 aromatic heterocycles. The fourth-order valence-corrected chi connectivity index (χ4v) is 1.79. The molecule has 0 saturated carbocycles. The number of nitrogens with one attached hydrogen (secondary N) is 1. The zero-order valence-corrected chi connectivity index (χ0v) is 10.5. The normalized spacial score (nSPS) is 11.9. The number of nitro groups is 1. The third-order valence-corrected chi connectivity index (χ3v) is 2.74. The summed E-state index contributed by atoms with van der Waals surface area (Å²) in [5.41, 5.74) is 0.925. The van der Waals surface area contributed by atoms with Gasteiger partial charge in [0, 0.05) is 28.3 Å². The van der Waals surface area contributed by atoms with E-state index in [-0.39, 0.29) is 11.7 Å². The molecule has 0 spiro atoms. The number of rotatable bonds is 5. The zero-order valence-electron chi connectivity index (χ0n) is 8.94. The molecule has 0 heterocycles. The molecule has 1 unspecified atom stereocenters. The van der Waals surface area contributed by atoms with E-state index in [1.54, 1.807) is 6.07 Å². The lowest BCUT2D eigenvalue weighted by atomic mass is 10.2. The Morgan fingerprint density at radius 2 is 2.38 bits per heavy atom. The van der Waals surface area contributed by atoms with Crippen molar-refractivity contribution in [1.29, 1.82) is 0 Å². The van der Waals surface area contributed by atoms with Gasteiger partial charge in [-0.3, -0.25) is 10.1 Å². The molecule has 0 aliphatic heterocycles. The van der Waals surface area contributed by atoms with Gasteiger partial charge >= 0.3 is 0 Å².